The van der Waals surface area contributed by atoms with Crippen molar-refractivity contribution in [3.05, 3.63) is 58.7 Å². The molecular weight excluding hydrogens is 472 g/mol. The minimum atomic E-state index is -0.118. The minimum absolute atomic E-state index is 0.0119. The zero-order valence-electron chi connectivity index (χ0n) is 24.5. The van der Waals surface area contributed by atoms with Gasteiger partial charge in [0.05, 0.1) is 6.42 Å². The maximum Gasteiger partial charge on any atom is 0.163 e. The lowest BCUT2D eigenvalue weighted by molar-refractivity contribution is -0.129. The highest BCUT2D eigenvalue weighted by Crippen LogP contribution is 2.38. The van der Waals surface area contributed by atoms with E-state index in [4.69, 9.17) is 0 Å². The largest absolute Gasteiger partial charge is 0.300 e. The summed E-state index contributed by atoms with van der Waals surface area (Å²) in [5.41, 5.74) is 5.47. The van der Waals surface area contributed by atoms with Crippen molar-refractivity contribution < 1.29 is 19.2 Å². The van der Waals surface area contributed by atoms with Crippen LogP contribution in [-0.2, 0) is 16.0 Å². The third-order valence-corrected chi connectivity index (χ3v) is 7.53. The number of benzene rings is 2. The van der Waals surface area contributed by atoms with Crippen LogP contribution in [0.3, 0.4) is 0 Å². The van der Waals surface area contributed by atoms with Crippen LogP contribution in [0.25, 0.3) is 11.1 Å². The molecule has 0 aromatic heterocycles. The lowest BCUT2D eigenvalue weighted by Gasteiger charge is -2.32. The Labute approximate surface area is 229 Å². The molecule has 3 unspecified atom stereocenters. The molecule has 0 saturated carbocycles. The van der Waals surface area contributed by atoms with Gasteiger partial charge in [0.2, 0.25) is 0 Å². The molecule has 206 valence electrons. The predicted octanol–water partition coefficient (Wildman–Crippen LogP) is 8.41. The van der Waals surface area contributed by atoms with Crippen LogP contribution in [0.1, 0.15) is 118 Å². The van der Waals surface area contributed by atoms with Gasteiger partial charge in [-0.2, -0.15) is 0 Å². The van der Waals surface area contributed by atoms with Crippen LogP contribution >= 0.6 is 0 Å². The molecule has 0 heterocycles. The van der Waals surface area contributed by atoms with Crippen LogP contribution in [0.2, 0.25) is 0 Å². The first kappa shape index (κ1) is 31.3. The number of Topliss-reactive ketones (excluding diaryl/α,β-unsaturated/α-hetero) is 4. The number of fused-ring (bicyclic) bond motifs is 1. The number of ketones is 4. The molecule has 4 nitrogen and oxygen atoms in total. The maximum atomic E-state index is 13.4. The van der Waals surface area contributed by atoms with E-state index >= 15 is 0 Å². The molecule has 4 heteroatoms. The Hall–Kier alpha value is -2.88. The van der Waals surface area contributed by atoms with Crippen molar-refractivity contribution in [3.8, 4) is 11.1 Å². The molecule has 1 aliphatic rings. The van der Waals surface area contributed by atoms with Gasteiger partial charge in [-0.15, -0.1) is 0 Å². The monoisotopic (exact) mass is 518 g/mol. The molecule has 0 fully saturated rings. The average Bonchev–Trinajstić information content (AvgIpc) is 2.84. The normalized spacial score (nSPS) is 16.1. The Bertz CT molecular complexity index is 1140. The Kier molecular flexibility index (Phi) is 12.3. The Morgan fingerprint density at radius 3 is 2.24 bits per heavy atom. The van der Waals surface area contributed by atoms with E-state index in [-0.39, 0.29) is 47.3 Å². The summed E-state index contributed by atoms with van der Waals surface area (Å²) >= 11 is 0. The molecule has 0 aliphatic heterocycles. The van der Waals surface area contributed by atoms with Crippen molar-refractivity contribution in [3.63, 3.8) is 0 Å². The van der Waals surface area contributed by atoms with Crippen molar-refractivity contribution in [2.75, 3.05) is 0 Å². The summed E-state index contributed by atoms with van der Waals surface area (Å²) in [6.07, 6.45) is 6.06. The van der Waals surface area contributed by atoms with E-state index in [1.807, 2.05) is 38.1 Å². The number of hydrogen-bond acceptors (Lipinski definition) is 4. The van der Waals surface area contributed by atoms with Crippen molar-refractivity contribution in [1.29, 1.82) is 0 Å². The highest BCUT2D eigenvalue weighted by molar-refractivity contribution is 6.02. The standard InChI is InChI=1S/C31H38O4.C3H8/c1-6-9-24(27(7-2)29(34)14-19(3)32)15-22-16-26-12-13-28(20(4)31(26)30(35)17-22)25-11-8-10-23(18-25)21(5)33;1-3-2/h8,10-13,18,22,24,27H,6-7,9,14-17H2,1-5H3;3H2,1-2H3. The van der Waals surface area contributed by atoms with Crippen LogP contribution in [-0.4, -0.2) is 23.1 Å². The first-order chi connectivity index (χ1) is 18.1. The van der Waals surface area contributed by atoms with Gasteiger partial charge in [0.25, 0.3) is 0 Å². The quantitative estimate of drug-likeness (QED) is 0.221. The minimum Gasteiger partial charge on any atom is -0.300 e. The first-order valence-corrected chi connectivity index (χ1v) is 14.4. The molecule has 1 aliphatic carbocycles. The number of carbonyl (C=O) groups excluding carboxylic acids is 4. The first-order valence-electron chi connectivity index (χ1n) is 14.4. The smallest absolute Gasteiger partial charge is 0.163 e. The van der Waals surface area contributed by atoms with Gasteiger partial charge in [0.15, 0.2) is 11.6 Å². The maximum absolute atomic E-state index is 13.4. The van der Waals surface area contributed by atoms with Crippen molar-refractivity contribution in [2.24, 2.45) is 17.8 Å². The third kappa shape index (κ3) is 8.06. The molecule has 0 N–H and O–H groups in total. The number of carbonyl (C=O) groups is 4. The third-order valence-electron chi connectivity index (χ3n) is 7.53. The fourth-order valence-corrected chi connectivity index (χ4v) is 5.94. The summed E-state index contributed by atoms with van der Waals surface area (Å²) in [6, 6.07) is 11.7. The van der Waals surface area contributed by atoms with E-state index in [1.165, 1.54) is 13.3 Å². The molecule has 3 atom stereocenters. The molecule has 0 bridgehead atoms. The highest BCUT2D eigenvalue weighted by atomic mass is 16.1. The van der Waals surface area contributed by atoms with Gasteiger partial charge < -0.3 is 0 Å². The number of rotatable bonds is 11. The summed E-state index contributed by atoms with van der Waals surface area (Å²) < 4.78 is 0. The van der Waals surface area contributed by atoms with E-state index in [9.17, 15) is 19.2 Å². The zero-order valence-corrected chi connectivity index (χ0v) is 24.5. The summed E-state index contributed by atoms with van der Waals surface area (Å²) in [5.74, 6) is 0.447. The number of hydrogen-bond donors (Lipinski definition) is 0. The average molecular weight is 519 g/mol. The van der Waals surface area contributed by atoms with Crippen molar-refractivity contribution >= 4 is 23.1 Å². The zero-order chi connectivity index (χ0) is 28.4. The van der Waals surface area contributed by atoms with Crippen molar-refractivity contribution in [2.45, 2.75) is 99.8 Å². The molecule has 2 aromatic rings. The Balaban J connectivity index is 0.00000161. The van der Waals surface area contributed by atoms with Crippen LogP contribution in [0.15, 0.2) is 36.4 Å². The van der Waals surface area contributed by atoms with E-state index in [2.05, 4.69) is 32.9 Å². The molecule has 38 heavy (non-hydrogen) atoms. The Morgan fingerprint density at radius 1 is 0.974 bits per heavy atom. The van der Waals surface area contributed by atoms with Gasteiger partial charge >= 0.3 is 0 Å². The van der Waals surface area contributed by atoms with Gasteiger partial charge in [-0.05, 0) is 80.2 Å². The second-order valence-electron chi connectivity index (χ2n) is 11.0. The highest BCUT2D eigenvalue weighted by Gasteiger charge is 2.33. The molecule has 3 rings (SSSR count). The van der Waals surface area contributed by atoms with E-state index in [1.54, 1.807) is 6.92 Å². The lowest BCUT2D eigenvalue weighted by Crippen LogP contribution is -2.29. The van der Waals surface area contributed by atoms with E-state index in [0.29, 0.717) is 12.0 Å². The van der Waals surface area contributed by atoms with E-state index in [0.717, 1.165) is 59.9 Å². The Morgan fingerprint density at radius 2 is 1.66 bits per heavy atom. The SMILES string of the molecule is CCC.CCCC(CC1CC(=O)c2c(ccc(-c3cccc(C(C)=O)c3)c2C)C1)C(CC)C(=O)CC(C)=O. The molecule has 2 aromatic carbocycles. The molecule has 0 saturated heterocycles. The fraction of sp³-hybridized carbons (Fsp3) is 0.529. The summed E-state index contributed by atoms with van der Waals surface area (Å²) in [5, 5.41) is 0. The fourth-order valence-electron chi connectivity index (χ4n) is 5.94. The molecule has 0 radical (unpaired) electrons. The predicted molar refractivity (Wildman–Crippen MR) is 156 cm³/mol. The van der Waals surface area contributed by atoms with Crippen LogP contribution < -0.4 is 0 Å². The summed E-state index contributed by atoms with van der Waals surface area (Å²) in [7, 11) is 0. The van der Waals surface area contributed by atoms with Crippen LogP contribution in [0, 0.1) is 24.7 Å². The van der Waals surface area contributed by atoms with Gasteiger partial charge in [-0.25, -0.2) is 0 Å². The summed E-state index contributed by atoms with van der Waals surface area (Å²) in [6.45, 7) is 13.4. The van der Waals surface area contributed by atoms with E-state index < -0.39 is 0 Å². The van der Waals surface area contributed by atoms with Crippen LogP contribution in [0.4, 0.5) is 0 Å². The van der Waals surface area contributed by atoms with Gasteiger partial charge in [0, 0.05) is 23.5 Å². The summed E-state index contributed by atoms with van der Waals surface area (Å²) in [4.78, 5) is 49.5. The second kappa shape index (κ2) is 14.9. The second-order valence-corrected chi connectivity index (χ2v) is 11.0. The molecule has 0 amide bonds. The van der Waals surface area contributed by atoms with Gasteiger partial charge in [-0.3, -0.25) is 19.2 Å². The molecular formula is C34H46O4. The topological polar surface area (TPSA) is 68.3 Å². The lowest BCUT2D eigenvalue weighted by atomic mass is 9.71. The van der Waals surface area contributed by atoms with Gasteiger partial charge in [0.1, 0.15) is 11.6 Å². The van der Waals surface area contributed by atoms with Crippen molar-refractivity contribution in [1.82, 2.24) is 0 Å². The van der Waals surface area contributed by atoms with Gasteiger partial charge in [-0.1, -0.05) is 77.3 Å². The molecule has 0 spiro atoms. The van der Waals surface area contributed by atoms with Crippen LogP contribution in [0.5, 0.6) is 0 Å².